The Morgan fingerprint density at radius 2 is 0.643 bits per heavy atom. The quantitative estimate of drug-likeness (QED) is 0.144. The van der Waals surface area contributed by atoms with Crippen LogP contribution in [0.5, 0.6) is 0 Å². The molecule has 8 aliphatic rings. The lowest BCUT2D eigenvalue weighted by molar-refractivity contribution is 1.06. The Labute approximate surface area is 371 Å². The molecule has 0 saturated heterocycles. The second kappa shape index (κ2) is 12.0. The van der Waals surface area contributed by atoms with E-state index >= 15 is 0 Å². The first kappa shape index (κ1) is 34.1. The van der Waals surface area contributed by atoms with E-state index in [1.807, 2.05) is 70.6 Å². The van der Waals surface area contributed by atoms with Crippen LogP contribution in [0, 0.1) is 0 Å². The summed E-state index contributed by atoms with van der Waals surface area (Å²) in [6.45, 7) is 0. The zero-order valence-corrected chi connectivity index (χ0v) is 37.5. The third kappa shape index (κ3) is 4.29. The minimum atomic E-state index is -0.485. The molecule has 5 heterocycles. The highest BCUT2D eigenvalue weighted by molar-refractivity contribution is 8.24. The molecule has 56 heavy (non-hydrogen) atoms. The summed E-state index contributed by atoms with van der Waals surface area (Å²) < 4.78 is -1.20. The van der Waals surface area contributed by atoms with E-state index in [1.54, 1.807) is 0 Å². The van der Waals surface area contributed by atoms with Crippen molar-refractivity contribution >= 4 is 145 Å². The second-order valence-corrected chi connectivity index (χ2v) is 27.1. The normalized spacial score (nSPS) is 21.0. The average Bonchev–Trinajstić information content (AvgIpc) is 4.06. The first-order chi connectivity index (χ1) is 27.5. The van der Waals surface area contributed by atoms with Crippen molar-refractivity contribution < 1.29 is 0 Å². The van der Waals surface area contributed by atoms with E-state index in [9.17, 15) is 0 Å². The molecule has 268 valence electrons. The molecule has 0 nitrogen and oxygen atoms in total. The van der Waals surface area contributed by atoms with E-state index < -0.39 is 4.08 Å². The molecule has 0 fully saturated rings. The van der Waals surface area contributed by atoms with Gasteiger partial charge in [-0.2, -0.15) is 0 Å². The Morgan fingerprint density at radius 3 is 1.04 bits per heavy atom. The van der Waals surface area contributed by atoms with Crippen LogP contribution in [0.1, 0.15) is 33.4 Å². The van der Waals surface area contributed by atoms with Crippen molar-refractivity contribution in [2.45, 2.75) is 61.2 Å². The van der Waals surface area contributed by atoms with Crippen molar-refractivity contribution in [1.29, 1.82) is 0 Å². The van der Waals surface area contributed by atoms with Crippen LogP contribution in [0.4, 0.5) is 0 Å². The molecule has 3 spiro atoms. The number of fused-ring (bicyclic) bond motifs is 18. The minimum absolute atomic E-state index is 0.354. The fraction of sp³-hybridized carbons (Fsp3) is 0.0667. The molecule has 6 aromatic rings. The van der Waals surface area contributed by atoms with Gasteiger partial charge >= 0.3 is 0 Å². The van der Waals surface area contributed by atoms with Crippen molar-refractivity contribution in [3.05, 3.63) is 170 Å². The maximum Gasteiger partial charge on any atom is 0.132 e. The number of benzene rings is 6. The monoisotopic (exact) mass is 916 g/mol. The van der Waals surface area contributed by atoms with Crippen LogP contribution in [-0.4, -0.2) is 0 Å². The van der Waals surface area contributed by atoms with E-state index in [-0.39, 0.29) is 8.16 Å². The van der Waals surface area contributed by atoms with Gasteiger partial charge in [0.2, 0.25) is 0 Å². The molecule has 0 aromatic heterocycles. The van der Waals surface area contributed by atoms with Crippen LogP contribution < -0.4 is 0 Å². The third-order valence-electron chi connectivity index (χ3n) is 11.2. The Balaban J connectivity index is 1.14. The predicted molar refractivity (Wildman–Crippen MR) is 250 cm³/mol. The molecule has 6 aromatic carbocycles. The maximum atomic E-state index is 7.87. The van der Waals surface area contributed by atoms with Gasteiger partial charge in [0.25, 0.3) is 0 Å². The first-order valence-electron chi connectivity index (χ1n) is 18.0. The smallest absolute Gasteiger partial charge is 0.0963 e. The zero-order valence-electron chi connectivity index (χ0n) is 28.6. The summed E-state index contributed by atoms with van der Waals surface area (Å²) in [5, 5.41) is 0.926. The Kier molecular flexibility index (Phi) is 7.30. The number of thioether (sulfide) groups is 10. The largest absolute Gasteiger partial charge is 0.132 e. The molecule has 0 atom stereocenters. The lowest BCUT2D eigenvalue weighted by atomic mass is 9.89. The highest BCUT2D eigenvalue weighted by Gasteiger charge is 2.64. The maximum absolute atomic E-state index is 7.87. The topological polar surface area (TPSA) is 0 Å². The van der Waals surface area contributed by atoms with Crippen LogP contribution in [-0.2, 0) is 12.2 Å². The van der Waals surface area contributed by atoms with Gasteiger partial charge in [-0.15, -0.1) is 0 Å². The first-order valence-corrected chi connectivity index (χ1v) is 26.5. The van der Waals surface area contributed by atoms with E-state index in [0.29, 0.717) is 0 Å². The van der Waals surface area contributed by atoms with Crippen LogP contribution >= 0.6 is 129 Å². The molecular formula is C45H21ClS10. The van der Waals surface area contributed by atoms with Gasteiger partial charge in [-0.05, 0) is 72.3 Å². The van der Waals surface area contributed by atoms with Crippen LogP contribution in [0.25, 0.3) is 15.9 Å². The van der Waals surface area contributed by atoms with Crippen LogP contribution in [0.15, 0.2) is 185 Å². The average molecular weight is 918 g/mol. The lowest BCUT2D eigenvalue weighted by Gasteiger charge is -2.34. The predicted octanol–water partition coefficient (Wildman–Crippen LogP) is 16.6. The fourth-order valence-corrected chi connectivity index (χ4v) is 25.4. The van der Waals surface area contributed by atoms with Crippen LogP contribution in [0.2, 0.25) is 0 Å². The van der Waals surface area contributed by atoms with Gasteiger partial charge in [-0.1, -0.05) is 190 Å². The second-order valence-electron chi connectivity index (χ2n) is 14.2. The standard InChI is InChI=1S/C45H21ClS10/c46-33-21-22-36(43(33)51-27-15-5-6-16-28(27)52-43)34-38(45(55-31-19-9-10-20-32(31)56-45)42-39(34)47-24-12-2-4-14-26(24)50-42)35-37(22)44(53-29-17-7-8-18-30(29)54-44)41-40(35)48-23-11-1-3-13-25(23)49-41/h1-21H. The molecule has 5 aliphatic heterocycles. The number of hydrogen-bond acceptors (Lipinski definition) is 10. The zero-order chi connectivity index (χ0) is 36.5. The third-order valence-corrected chi connectivity index (χ3v) is 27.3. The molecule has 3 aliphatic carbocycles. The SMILES string of the molecule is ClC1=Cc2c(c3c(c4c2C2(Sc5ccccc5S2)C2=C4Sc4ccccc4S2)C2(Sc4ccccc4S2)C2=C3Sc3ccccc3S2)C12Sc1ccccc1S2. The molecule has 0 saturated carbocycles. The molecule has 14 rings (SSSR count). The highest BCUT2D eigenvalue weighted by atomic mass is 35.5. The highest BCUT2D eigenvalue weighted by Crippen LogP contribution is 2.83. The molecule has 0 radical (unpaired) electrons. The number of halogens is 1. The summed E-state index contributed by atoms with van der Waals surface area (Å²) in [6, 6.07) is 45.2. The summed E-state index contributed by atoms with van der Waals surface area (Å²) in [5.41, 5.74) is 8.55. The van der Waals surface area contributed by atoms with Crippen molar-refractivity contribution in [2.24, 2.45) is 0 Å². The van der Waals surface area contributed by atoms with Gasteiger partial charge in [-0.3, -0.25) is 0 Å². The Bertz CT molecular complexity index is 2900. The fourth-order valence-electron chi connectivity index (χ4n) is 9.01. The van der Waals surface area contributed by atoms with E-state index in [2.05, 4.69) is 174 Å². The molecule has 0 N–H and O–H groups in total. The number of rotatable bonds is 0. The van der Waals surface area contributed by atoms with Gasteiger partial charge in [0.05, 0.1) is 5.03 Å². The lowest BCUT2D eigenvalue weighted by Crippen LogP contribution is -2.23. The van der Waals surface area contributed by atoms with Gasteiger partial charge in [0.15, 0.2) is 0 Å². The molecule has 0 amide bonds. The summed E-state index contributed by atoms with van der Waals surface area (Å²) in [7, 11) is 0. The van der Waals surface area contributed by atoms with Gasteiger partial charge in [0, 0.05) is 96.4 Å². The van der Waals surface area contributed by atoms with Crippen molar-refractivity contribution in [2.75, 3.05) is 0 Å². The van der Waals surface area contributed by atoms with E-state index in [0.717, 1.165) is 5.03 Å². The van der Waals surface area contributed by atoms with E-state index in [4.69, 9.17) is 11.6 Å². The van der Waals surface area contributed by atoms with Gasteiger partial charge < -0.3 is 0 Å². The molecule has 0 unspecified atom stereocenters. The summed E-state index contributed by atoms with van der Waals surface area (Å²) in [6.07, 6.45) is 2.40. The number of hydrogen-bond donors (Lipinski definition) is 0. The van der Waals surface area contributed by atoms with Gasteiger partial charge in [-0.25, -0.2) is 0 Å². The summed E-state index contributed by atoms with van der Waals surface area (Å²) in [4.78, 5) is 19.2. The Hall–Kier alpha value is -1.67. The van der Waals surface area contributed by atoms with Crippen molar-refractivity contribution in [1.82, 2.24) is 0 Å². The summed E-state index contributed by atoms with van der Waals surface area (Å²) in [5.74, 6) is 0. The minimum Gasteiger partial charge on any atom is -0.0963 e. The van der Waals surface area contributed by atoms with Crippen molar-refractivity contribution in [3.8, 4) is 0 Å². The summed E-state index contributed by atoms with van der Waals surface area (Å²) >= 11 is 28.1. The van der Waals surface area contributed by atoms with Crippen LogP contribution in [0.3, 0.4) is 0 Å². The molecule has 0 bridgehead atoms. The molecule has 11 heteroatoms. The molecular weight excluding hydrogens is 897 g/mol. The Morgan fingerprint density at radius 1 is 0.339 bits per heavy atom. The van der Waals surface area contributed by atoms with Crippen molar-refractivity contribution in [3.63, 3.8) is 0 Å². The van der Waals surface area contributed by atoms with Gasteiger partial charge in [0.1, 0.15) is 12.2 Å². The van der Waals surface area contributed by atoms with E-state index in [1.165, 1.54) is 102 Å².